The highest BCUT2D eigenvalue weighted by atomic mass is 31.2. The number of hydrogen-bond donors (Lipinski definition) is 18. The van der Waals surface area contributed by atoms with Crippen molar-refractivity contribution in [2.24, 2.45) is 5.41 Å². The summed E-state index contributed by atoms with van der Waals surface area (Å²) >= 11 is 0. The molecular formula is C14H29N5O24P4. The first-order chi connectivity index (χ1) is 20.6. The molecule has 19 N–H and O–H groups in total. The Labute approximate surface area is 258 Å². The predicted octanol–water partition coefficient (Wildman–Crippen LogP) is -6.36. The van der Waals surface area contributed by atoms with Crippen LogP contribution in [-0.2, 0) is 38.3 Å². The first-order valence-corrected chi connectivity index (χ1v) is 17.1. The topological polar surface area (TPSA) is 525 Å². The summed E-state index contributed by atoms with van der Waals surface area (Å²) in [5.74, 6) is -3.79. The number of nitrogens with zero attached hydrogens (tertiary/aromatic N) is 4. The van der Waals surface area contributed by atoms with Crippen LogP contribution >= 0.6 is 31.3 Å². The first-order valence-electron chi connectivity index (χ1n) is 10.8. The van der Waals surface area contributed by atoms with Gasteiger partial charge in [-0.3, -0.25) is 14.2 Å². The van der Waals surface area contributed by atoms with Crippen molar-refractivity contribution in [1.29, 1.82) is 0 Å². The molecule has 2 aromatic rings. The normalized spacial score (nSPS) is 21.4. The number of hydrogen-bond acceptors (Lipinski definition) is 14. The van der Waals surface area contributed by atoms with Gasteiger partial charge in [-0.15, -0.1) is 0 Å². The monoisotopic (exact) mass is 775 g/mol. The molecule has 1 aliphatic rings. The SMILES string of the molecule is CC(C(=O)O)(C(=O)O)[C@@]1(n2cnc3c(N)ncnc32)O[C@H](CO)[C@@H](O)[C@H]1O.O=P(O)(O)O.O=P(O)(O)O.O=P(O)(O)O.O=P(O)(O)O. The lowest BCUT2D eigenvalue weighted by Gasteiger charge is -2.42. The van der Waals surface area contributed by atoms with Gasteiger partial charge in [0.1, 0.15) is 30.2 Å². The van der Waals surface area contributed by atoms with Crippen LogP contribution in [-0.4, -0.2) is 141 Å². The predicted molar refractivity (Wildman–Crippen MR) is 142 cm³/mol. The number of phosphoric acid groups is 4. The molecule has 2 aromatic heterocycles. The molecule has 1 fully saturated rings. The minimum absolute atomic E-state index is 0.00717. The molecule has 3 heterocycles. The van der Waals surface area contributed by atoms with Crippen LogP contribution in [0.15, 0.2) is 12.7 Å². The zero-order valence-electron chi connectivity index (χ0n) is 22.7. The summed E-state index contributed by atoms with van der Waals surface area (Å²) in [4.78, 5) is 122. The summed E-state index contributed by atoms with van der Waals surface area (Å²) in [5.41, 5.74) is 0.167. The van der Waals surface area contributed by atoms with Crippen molar-refractivity contribution in [2.75, 3.05) is 12.3 Å². The molecule has 0 amide bonds. The van der Waals surface area contributed by atoms with E-state index in [4.69, 9.17) is 87.5 Å². The van der Waals surface area contributed by atoms with Crippen molar-refractivity contribution in [3.63, 3.8) is 0 Å². The number of aliphatic carboxylic acids is 2. The van der Waals surface area contributed by atoms with Crippen LogP contribution in [0.5, 0.6) is 0 Å². The largest absolute Gasteiger partial charge is 0.480 e. The summed E-state index contributed by atoms with van der Waals surface area (Å²) in [6, 6.07) is 0. The standard InChI is InChI=1S/C14H17N5O8.4H3O4P/c1-13(11(23)24,12(25)26)14(8(22)7(21)5(2-20)27-14)19-4-18-6-9(15)16-3-17-10(6)19;4*1-5(2,3)4/h3-5,7-8,20-22H,2H2,1H3,(H,23,24)(H,25,26)(H2,15,16,17);4*(H3,1,2,3,4)/t5-,7-,8-,14+;;;;/m1..../s1. The lowest BCUT2D eigenvalue weighted by atomic mass is 9.75. The molecular weight excluding hydrogens is 746 g/mol. The van der Waals surface area contributed by atoms with E-state index >= 15 is 0 Å². The molecule has 1 saturated heterocycles. The number of aromatic nitrogens is 4. The van der Waals surface area contributed by atoms with Crippen LogP contribution in [0.25, 0.3) is 11.2 Å². The summed E-state index contributed by atoms with van der Waals surface area (Å²) < 4.78 is 41.9. The molecule has 0 aliphatic carbocycles. The van der Waals surface area contributed by atoms with Gasteiger partial charge < -0.3 is 94.7 Å². The first kappa shape index (κ1) is 46.7. The van der Waals surface area contributed by atoms with E-state index in [1.807, 2.05) is 0 Å². The molecule has 0 unspecified atom stereocenters. The third kappa shape index (κ3) is 16.0. The van der Waals surface area contributed by atoms with Crippen molar-refractivity contribution >= 4 is 60.2 Å². The summed E-state index contributed by atoms with van der Waals surface area (Å²) in [7, 11) is -18.6. The Morgan fingerprint density at radius 1 is 0.830 bits per heavy atom. The fraction of sp³-hybridized carbons (Fsp3) is 0.500. The maximum atomic E-state index is 12.0. The van der Waals surface area contributed by atoms with E-state index in [0.29, 0.717) is 0 Å². The van der Waals surface area contributed by atoms with E-state index < -0.39 is 79.3 Å². The van der Waals surface area contributed by atoms with E-state index in [9.17, 15) is 35.1 Å². The molecule has 29 nitrogen and oxygen atoms in total. The minimum atomic E-state index is -4.64. The number of ether oxygens (including phenoxy) is 1. The molecule has 0 bridgehead atoms. The average Bonchev–Trinajstić information content (AvgIpc) is 3.35. The lowest BCUT2D eigenvalue weighted by molar-refractivity contribution is -0.231. The second-order valence-corrected chi connectivity index (χ2v) is 12.4. The van der Waals surface area contributed by atoms with Gasteiger partial charge in [0.15, 0.2) is 11.5 Å². The number of carboxylic acid groups (broad SMARTS) is 2. The van der Waals surface area contributed by atoms with E-state index in [-0.39, 0.29) is 17.0 Å². The number of aliphatic hydroxyl groups excluding tert-OH is 3. The summed E-state index contributed by atoms with van der Waals surface area (Å²) in [6.45, 7) is 0.00277. The zero-order chi connectivity index (χ0) is 38.1. The van der Waals surface area contributed by atoms with Crippen LogP contribution in [0.3, 0.4) is 0 Å². The van der Waals surface area contributed by atoms with Crippen molar-refractivity contribution < 1.29 is 117 Å². The third-order valence-electron chi connectivity index (χ3n) is 4.91. The second-order valence-electron chi connectivity index (χ2n) is 8.30. The second kappa shape index (κ2) is 17.3. The number of imidazole rings is 1. The van der Waals surface area contributed by atoms with Gasteiger partial charge in [0.05, 0.1) is 12.9 Å². The van der Waals surface area contributed by atoms with E-state index in [1.165, 1.54) is 0 Å². The maximum Gasteiger partial charge on any atom is 0.466 e. The van der Waals surface area contributed by atoms with Crippen molar-refractivity contribution in [1.82, 2.24) is 19.5 Å². The maximum absolute atomic E-state index is 12.0. The Balaban J connectivity index is 0. The van der Waals surface area contributed by atoms with Gasteiger partial charge in [0, 0.05) is 0 Å². The van der Waals surface area contributed by atoms with Crippen molar-refractivity contribution in [2.45, 2.75) is 31.0 Å². The van der Waals surface area contributed by atoms with Gasteiger partial charge in [-0.25, -0.2) is 33.2 Å². The van der Waals surface area contributed by atoms with Gasteiger partial charge >= 0.3 is 43.2 Å². The third-order valence-corrected chi connectivity index (χ3v) is 4.91. The fourth-order valence-corrected chi connectivity index (χ4v) is 3.30. The number of anilines is 1. The fourth-order valence-electron chi connectivity index (χ4n) is 3.30. The minimum Gasteiger partial charge on any atom is -0.480 e. The van der Waals surface area contributed by atoms with E-state index in [2.05, 4.69) is 15.0 Å². The van der Waals surface area contributed by atoms with Gasteiger partial charge in [0.25, 0.3) is 0 Å². The van der Waals surface area contributed by atoms with Crippen LogP contribution in [0.2, 0.25) is 0 Å². The smallest absolute Gasteiger partial charge is 0.466 e. The van der Waals surface area contributed by atoms with Crippen LogP contribution in [0.1, 0.15) is 6.92 Å². The van der Waals surface area contributed by atoms with Crippen LogP contribution in [0.4, 0.5) is 5.82 Å². The Kier molecular flexibility index (Phi) is 17.2. The molecule has 274 valence electrons. The molecule has 47 heavy (non-hydrogen) atoms. The summed E-state index contributed by atoms with van der Waals surface area (Å²) in [6.07, 6.45) is -3.31. The molecule has 0 spiro atoms. The van der Waals surface area contributed by atoms with Crippen LogP contribution < -0.4 is 5.73 Å². The highest BCUT2D eigenvalue weighted by molar-refractivity contribution is 7.45. The number of carbonyl (C=O) groups is 2. The molecule has 3 rings (SSSR count). The lowest BCUT2D eigenvalue weighted by Crippen LogP contribution is -2.63. The molecule has 0 saturated carbocycles. The van der Waals surface area contributed by atoms with Crippen molar-refractivity contribution in [3.05, 3.63) is 12.7 Å². The number of aliphatic hydroxyl groups is 3. The molecule has 0 radical (unpaired) electrons. The molecule has 0 aromatic carbocycles. The van der Waals surface area contributed by atoms with E-state index in [0.717, 1.165) is 24.1 Å². The van der Waals surface area contributed by atoms with E-state index in [1.54, 1.807) is 0 Å². The van der Waals surface area contributed by atoms with Gasteiger partial charge in [-0.05, 0) is 6.92 Å². The average molecular weight is 775 g/mol. The highest BCUT2D eigenvalue weighted by Gasteiger charge is 2.71. The Morgan fingerprint density at radius 3 is 1.49 bits per heavy atom. The van der Waals surface area contributed by atoms with Crippen molar-refractivity contribution in [3.8, 4) is 0 Å². The Morgan fingerprint density at radius 2 is 1.19 bits per heavy atom. The molecule has 4 atom stereocenters. The Hall–Kier alpha value is -2.43. The highest BCUT2D eigenvalue weighted by Crippen LogP contribution is 2.50. The number of nitrogen functional groups attached to an aromatic ring is 1. The number of fused-ring (bicyclic) bond motifs is 1. The quantitative estimate of drug-likeness (QED) is 0.0991. The summed E-state index contributed by atoms with van der Waals surface area (Å²) in [5, 5.41) is 49.8. The number of rotatable bonds is 5. The van der Waals surface area contributed by atoms with Gasteiger partial charge in [-0.1, -0.05) is 0 Å². The van der Waals surface area contributed by atoms with Gasteiger partial charge in [-0.2, -0.15) is 0 Å². The molecule has 33 heteroatoms. The van der Waals surface area contributed by atoms with Crippen LogP contribution in [0, 0.1) is 5.41 Å². The zero-order valence-corrected chi connectivity index (χ0v) is 26.3. The number of nitrogens with two attached hydrogens (primary N) is 1. The number of carboxylic acids is 2. The molecule has 1 aliphatic heterocycles. The van der Waals surface area contributed by atoms with Gasteiger partial charge in [0.2, 0.25) is 11.1 Å². The Bertz CT molecular complexity index is 1420.